The van der Waals surface area contributed by atoms with Gasteiger partial charge in [0.1, 0.15) is 0 Å². The fourth-order valence-corrected chi connectivity index (χ4v) is 5.74. The average molecular weight is 493 g/mol. The third kappa shape index (κ3) is 4.79. The summed E-state index contributed by atoms with van der Waals surface area (Å²) in [7, 11) is -4.34. The van der Waals surface area contributed by atoms with Gasteiger partial charge in [-0.05, 0) is 61.2 Å². The molecule has 0 fully saturated rings. The van der Waals surface area contributed by atoms with Crippen LogP contribution in [-0.4, -0.2) is 41.3 Å². The molecule has 0 spiro atoms. The van der Waals surface area contributed by atoms with Crippen molar-refractivity contribution in [3.8, 4) is 11.1 Å². The molecule has 4 rings (SSSR count). The van der Waals surface area contributed by atoms with Crippen LogP contribution in [0.3, 0.4) is 0 Å². The number of rotatable bonds is 7. The Kier molecular flexibility index (Phi) is 6.18. The van der Waals surface area contributed by atoms with Crippen LogP contribution in [0.25, 0.3) is 22.0 Å². The van der Waals surface area contributed by atoms with Gasteiger partial charge in [-0.15, -0.1) is 0 Å². The number of aromatic nitrogens is 2. The highest BCUT2D eigenvalue weighted by Gasteiger charge is 2.40. The summed E-state index contributed by atoms with van der Waals surface area (Å²) >= 11 is 0. The molecule has 180 valence electrons. The number of hydrogen-bond donors (Lipinski definition) is 4. The maximum Gasteiger partial charge on any atom is 0.345 e. The molecule has 3 aromatic carbocycles. The number of nitrogens with zero attached hydrogens (tertiary/aromatic N) is 1. The Labute approximate surface area is 202 Å². The first-order valence-electron chi connectivity index (χ1n) is 10.7. The second kappa shape index (κ2) is 8.97. The fraction of sp³-hybridized carbons (Fsp3) is 0.160. The zero-order chi connectivity index (χ0) is 25.4. The van der Waals surface area contributed by atoms with Crippen LogP contribution in [0.5, 0.6) is 0 Å². The largest absolute Gasteiger partial charge is 0.478 e. The van der Waals surface area contributed by atoms with E-state index >= 15 is 0 Å². The Morgan fingerprint density at radius 1 is 0.971 bits per heavy atom. The van der Waals surface area contributed by atoms with Crippen molar-refractivity contribution >= 4 is 32.8 Å². The van der Waals surface area contributed by atoms with Crippen molar-refractivity contribution in [3.63, 3.8) is 0 Å². The Morgan fingerprint density at radius 3 is 2.26 bits per heavy atom. The van der Waals surface area contributed by atoms with E-state index in [1.807, 2.05) is 30.3 Å². The average Bonchev–Trinajstić information content (AvgIpc) is 3.26. The molecule has 1 heterocycles. The molecule has 4 aromatic rings. The second-order valence-electron chi connectivity index (χ2n) is 8.47. The minimum absolute atomic E-state index is 0.0429. The minimum atomic E-state index is -4.34. The van der Waals surface area contributed by atoms with Gasteiger partial charge >= 0.3 is 5.97 Å². The molecule has 1 amide bonds. The van der Waals surface area contributed by atoms with Crippen LogP contribution in [-0.2, 0) is 14.8 Å². The van der Waals surface area contributed by atoms with Gasteiger partial charge in [-0.3, -0.25) is 9.89 Å². The molecule has 1 unspecified atom stereocenters. The molecule has 35 heavy (non-hydrogen) atoms. The van der Waals surface area contributed by atoms with E-state index in [-0.39, 0.29) is 10.5 Å². The number of aliphatic carboxylic acids is 1. The molecule has 0 bridgehead atoms. The number of nitrogens with one attached hydrogen (secondary N) is 3. The first-order chi connectivity index (χ1) is 16.5. The summed E-state index contributed by atoms with van der Waals surface area (Å²) in [4.78, 5) is 24.9. The van der Waals surface area contributed by atoms with Crippen LogP contribution < -0.4 is 10.0 Å². The van der Waals surface area contributed by atoms with Crippen LogP contribution in [0.1, 0.15) is 28.4 Å². The third-order valence-electron chi connectivity index (χ3n) is 5.67. The number of aromatic amines is 1. The number of aryl methyl sites for hydroxylation is 2. The molecule has 1 atom stereocenters. The first kappa shape index (κ1) is 24.1. The SMILES string of the molecule is Cc1cc(-c2ccccc2)cc(C)c1S(=O)(=O)NC(C)(NC(=O)c1ccc2[nH]ncc2c1)C(=O)O. The first-order valence-corrected chi connectivity index (χ1v) is 12.2. The lowest BCUT2D eigenvalue weighted by Gasteiger charge is -2.28. The predicted molar refractivity (Wildman–Crippen MR) is 131 cm³/mol. The molecule has 0 saturated heterocycles. The van der Waals surface area contributed by atoms with Gasteiger partial charge in [0.15, 0.2) is 0 Å². The lowest BCUT2D eigenvalue weighted by Crippen LogP contribution is -2.63. The van der Waals surface area contributed by atoms with E-state index in [0.29, 0.717) is 22.0 Å². The number of carbonyl (C=O) groups excluding carboxylic acids is 1. The normalized spacial score (nSPS) is 13.3. The van der Waals surface area contributed by atoms with Gasteiger partial charge in [0.05, 0.1) is 16.6 Å². The highest BCUT2D eigenvalue weighted by atomic mass is 32.2. The highest BCUT2D eigenvalue weighted by molar-refractivity contribution is 7.89. The molecule has 0 aliphatic heterocycles. The summed E-state index contributed by atoms with van der Waals surface area (Å²) < 4.78 is 28.9. The minimum Gasteiger partial charge on any atom is -0.478 e. The van der Waals surface area contributed by atoms with E-state index in [0.717, 1.165) is 18.1 Å². The number of fused-ring (bicyclic) bond motifs is 1. The van der Waals surface area contributed by atoms with E-state index in [2.05, 4.69) is 20.2 Å². The summed E-state index contributed by atoms with van der Waals surface area (Å²) in [6, 6.07) is 17.6. The molecule has 1 aromatic heterocycles. The van der Waals surface area contributed by atoms with Crippen molar-refractivity contribution < 1.29 is 23.1 Å². The van der Waals surface area contributed by atoms with Crippen LogP contribution in [0.2, 0.25) is 0 Å². The van der Waals surface area contributed by atoms with Crippen molar-refractivity contribution in [2.45, 2.75) is 31.3 Å². The van der Waals surface area contributed by atoms with Crippen LogP contribution in [0.4, 0.5) is 0 Å². The molecule has 9 nitrogen and oxygen atoms in total. The standard InChI is InChI=1S/C25H24N4O5S/c1-15-11-19(17-7-5-4-6-8-17)12-16(2)22(15)35(33,34)29-25(3,24(31)32)27-23(30)18-9-10-21-20(13-18)14-26-28-21/h4-14,29H,1-3H3,(H,26,28)(H,27,30)(H,31,32). The number of amides is 1. The van der Waals surface area contributed by atoms with E-state index in [4.69, 9.17) is 0 Å². The molecule has 0 aliphatic carbocycles. The Balaban J connectivity index is 1.65. The van der Waals surface area contributed by atoms with Crippen LogP contribution in [0, 0.1) is 13.8 Å². The summed E-state index contributed by atoms with van der Waals surface area (Å²) in [6.07, 6.45) is 1.52. The number of carboxylic acid groups (broad SMARTS) is 1. The van der Waals surface area contributed by atoms with Gasteiger partial charge in [0.25, 0.3) is 5.91 Å². The van der Waals surface area contributed by atoms with Gasteiger partial charge in [-0.1, -0.05) is 42.5 Å². The molecular weight excluding hydrogens is 468 g/mol. The number of benzene rings is 3. The fourth-order valence-electron chi connectivity index (χ4n) is 4.00. The van der Waals surface area contributed by atoms with E-state index in [1.54, 1.807) is 32.0 Å². The zero-order valence-electron chi connectivity index (χ0n) is 19.3. The number of sulfonamides is 1. The number of carboxylic acids is 1. The predicted octanol–water partition coefficient (Wildman–Crippen LogP) is 3.36. The molecule has 4 N–H and O–H groups in total. The number of H-pyrrole nitrogens is 1. The van der Waals surface area contributed by atoms with Gasteiger partial charge in [-0.25, -0.2) is 13.2 Å². The quantitative estimate of drug-likeness (QED) is 0.292. The summed E-state index contributed by atoms with van der Waals surface area (Å²) in [5.41, 5.74) is 1.20. The highest BCUT2D eigenvalue weighted by Crippen LogP contribution is 2.28. The van der Waals surface area contributed by atoms with Crippen molar-refractivity contribution in [3.05, 3.63) is 83.6 Å². The van der Waals surface area contributed by atoms with Crippen molar-refractivity contribution in [2.24, 2.45) is 0 Å². The molecule has 0 saturated carbocycles. The summed E-state index contributed by atoms with van der Waals surface area (Å²) in [5.74, 6) is -2.32. The zero-order valence-corrected chi connectivity index (χ0v) is 20.1. The molecule has 0 radical (unpaired) electrons. The Hall–Kier alpha value is -4.02. The van der Waals surface area contributed by atoms with Crippen molar-refractivity contribution in [1.29, 1.82) is 0 Å². The van der Waals surface area contributed by atoms with Crippen LogP contribution >= 0.6 is 0 Å². The van der Waals surface area contributed by atoms with Gasteiger partial charge in [-0.2, -0.15) is 9.82 Å². The van der Waals surface area contributed by atoms with Gasteiger partial charge < -0.3 is 10.4 Å². The lowest BCUT2D eigenvalue weighted by atomic mass is 10.0. The van der Waals surface area contributed by atoms with Crippen molar-refractivity contribution in [1.82, 2.24) is 20.2 Å². The van der Waals surface area contributed by atoms with E-state index in [9.17, 15) is 23.1 Å². The molecular formula is C25H24N4O5S. The maximum absolute atomic E-state index is 13.4. The van der Waals surface area contributed by atoms with E-state index < -0.39 is 27.6 Å². The summed E-state index contributed by atoms with van der Waals surface area (Å²) in [6.45, 7) is 4.37. The maximum atomic E-state index is 13.4. The molecule has 0 aliphatic rings. The van der Waals surface area contributed by atoms with Crippen LogP contribution in [0.15, 0.2) is 71.8 Å². The van der Waals surface area contributed by atoms with Gasteiger partial charge in [0, 0.05) is 10.9 Å². The number of hydrogen-bond acceptors (Lipinski definition) is 5. The number of carbonyl (C=O) groups is 2. The monoisotopic (exact) mass is 492 g/mol. The Bertz CT molecular complexity index is 1520. The second-order valence-corrected chi connectivity index (χ2v) is 10.1. The van der Waals surface area contributed by atoms with Gasteiger partial charge in [0.2, 0.25) is 15.7 Å². The summed E-state index contributed by atoms with van der Waals surface area (Å²) in [5, 5.41) is 19.5. The lowest BCUT2D eigenvalue weighted by molar-refractivity contribution is -0.144. The Morgan fingerprint density at radius 2 is 1.63 bits per heavy atom. The third-order valence-corrected chi connectivity index (χ3v) is 7.53. The smallest absolute Gasteiger partial charge is 0.345 e. The van der Waals surface area contributed by atoms with Crippen molar-refractivity contribution in [2.75, 3.05) is 0 Å². The van der Waals surface area contributed by atoms with E-state index in [1.165, 1.54) is 18.3 Å². The topological polar surface area (TPSA) is 141 Å². The molecule has 10 heteroatoms.